The Hall–Kier alpha value is -3.93. The van der Waals surface area contributed by atoms with Gasteiger partial charge >= 0.3 is 0 Å². The molecule has 0 bridgehead atoms. The summed E-state index contributed by atoms with van der Waals surface area (Å²) >= 11 is 0. The minimum absolute atomic E-state index is 0.310. The third kappa shape index (κ3) is 3.48. The largest absolute Gasteiger partial charge is 0.455 e. The van der Waals surface area contributed by atoms with Crippen molar-refractivity contribution in [1.82, 2.24) is 4.90 Å². The summed E-state index contributed by atoms with van der Waals surface area (Å²) < 4.78 is 5.85. The first kappa shape index (κ1) is 18.4. The fourth-order valence-corrected chi connectivity index (χ4v) is 3.19. The summed E-state index contributed by atoms with van der Waals surface area (Å²) in [5.41, 5.74) is 1.07. The third-order valence-corrected chi connectivity index (χ3v) is 4.71. The highest BCUT2D eigenvalue weighted by Gasteiger charge is 2.40. The van der Waals surface area contributed by atoms with E-state index >= 15 is 0 Å². The monoisotopic (exact) mass is 386 g/mol. The average molecular weight is 386 g/mol. The van der Waals surface area contributed by atoms with Crippen molar-refractivity contribution >= 4 is 23.4 Å². The zero-order valence-electron chi connectivity index (χ0n) is 15.7. The van der Waals surface area contributed by atoms with Crippen LogP contribution in [0.4, 0.5) is 5.69 Å². The Balaban J connectivity index is 1.53. The second-order valence-corrected chi connectivity index (χ2v) is 6.60. The zero-order valence-corrected chi connectivity index (χ0v) is 15.7. The number of anilines is 1. The number of nitrogens with one attached hydrogen (secondary N) is 1. The van der Waals surface area contributed by atoms with Crippen LogP contribution in [0.15, 0.2) is 78.9 Å². The highest BCUT2D eigenvalue weighted by atomic mass is 16.5. The molecule has 1 atom stereocenters. The second-order valence-electron chi connectivity index (χ2n) is 6.60. The highest BCUT2D eigenvalue weighted by molar-refractivity contribution is 6.23. The van der Waals surface area contributed by atoms with Crippen molar-refractivity contribution in [3.8, 4) is 11.5 Å². The molecule has 6 nitrogen and oxygen atoms in total. The molecule has 6 heteroatoms. The Kier molecular flexibility index (Phi) is 4.83. The number of para-hydroxylation sites is 3. The molecule has 0 saturated carbocycles. The molecule has 144 valence electrons. The standard InChI is InChI=1S/C23H18N2O4/c1-15(25-22(27)17-11-5-6-12-18(17)23(25)28)21(26)24-19-13-7-8-14-20(19)29-16-9-3-2-4-10-16/h2-15H,1H3,(H,24,26). The summed E-state index contributed by atoms with van der Waals surface area (Å²) in [5, 5.41) is 2.77. The minimum atomic E-state index is -0.979. The first-order valence-electron chi connectivity index (χ1n) is 9.16. The third-order valence-electron chi connectivity index (χ3n) is 4.71. The molecule has 0 aromatic heterocycles. The van der Waals surface area contributed by atoms with Crippen molar-refractivity contribution in [1.29, 1.82) is 0 Å². The number of hydrogen-bond acceptors (Lipinski definition) is 4. The Morgan fingerprint density at radius 1 is 0.828 bits per heavy atom. The van der Waals surface area contributed by atoms with Gasteiger partial charge in [-0.05, 0) is 43.3 Å². The molecule has 4 rings (SSSR count). The minimum Gasteiger partial charge on any atom is -0.455 e. The van der Waals surface area contributed by atoms with Gasteiger partial charge in [-0.3, -0.25) is 19.3 Å². The molecule has 1 heterocycles. The van der Waals surface area contributed by atoms with Crippen LogP contribution < -0.4 is 10.1 Å². The van der Waals surface area contributed by atoms with Crippen LogP contribution in [0.5, 0.6) is 11.5 Å². The SMILES string of the molecule is CC(C(=O)Nc1ccccc1Oc1ccccc1)N1C(=O)c2ccccc2C1=O. The van der Waals surface area contributed by atoms with Crippen molar-refractivity contribution in [2.45, 2.75) is 13.0 Å². The van der Waals surface area contributed by atoms with Crippen LogP contribution in [-0.2, 0) is 4.79 Å². The molecule has 3 aromatic carbocycles. The van der Waals surface area contributed by atoms with Gasteiger partial charge in [0.1, 0.15) is 11.8 Å². The van der Waals surface area contributed by atoms with E-state index in [1.807, 2.05) is 18.2 Å². The molecule has 0 spiro atoms. The van der Waals surface area contributed by atoms with E-state index in [2.05, 4.69) is 5.32 Å². The number of carbonyl (C=O) groups excluding carboxylic acids is 3. The molecule has 1 N–H and O–H groups in total. The quantitative estimate of drug-likeness (QED) is 0.670. The first-order chi connectivity index (χ1) is 14.1. The van der Waals surface area contributed by atoms with Crippen LogP contribution in [0.25, 0.3) is 0 Å². The predicted octanol–water partition coefficient (Wildman–Crippen LogP) is 4.10. The van der Waals surface area contributed by atoms with Crippen LogP contribution in [0.2, 0.25) is 0 Å². The number of ether oxygens (including phenoxy) is 1. The van der Waals surface area contributed by atoms with Gasteiger partial charge in [0.25, 0.3) is 11.8 Å². The Morgan fingerprint density at radius 3 is 2.03 bits per heavy atom. The molecule has 0 saturated heterocycles. The van der Waals surface area contributed by atoms with E-state index in [0.717, 1.165) is 4.90 Å². The highest BCUT2D eigenvalue weighted by Crippen LogP contribution is 2.30. The predicted molar refractivity (Wildman–Crippen MR) is 108 cm³/mol. The summed E-state index contributed by atoms with van der Waals surface area (Å²) in [4.78, 5) is 39.0. The molecule has 0 aliphatic carbocycles. The molecule has 0 radical (unpaired) electrons. The number of amides is 3. The fraction of sp³-hybridized carbons (Fsp3) is 0.0870. The summed E-state index contributed by atoms with van der Waals surface area (Å²) in [6, 6.07) is 21.7. The maximum atomic E-state index is 12.8. The topological polar surface area (TPSA) is 75.7 Å². The number of imide groups is 1. The number of benzene rings is 3. The number of fused-ring (bicyclic) bond motifs is 1. The van der Waals surface area contributed by atoms with Crippen molar-refractivity contribution in [2.75, 3.05) is 5.32 Å². The summed E-state index contributed by atoms with van der Waals surface area (Å²) in [5.74, 6) is -0.336. The Labute approximate surface area is 167 Å². The molecule has 29 heavy (non-hydrogen) atoms. The van der Waals surface area contributed by atoms with E-state index in [4.69, 9.17) is 4.74 Å². The fourth-order valence-electron chi connectivity index (χ4n) is 3.19. The van der Waals surface area contributed by atoms with Gasteiger partial charge in [0.15, 0.2) is 5.75 Å². The Bertz CT molecular complexity index is 1060. The zero-order chi connectivity index (χ0) is 20.4. The van der Waals surface area contributed by atoms with Gasteiger partial charge in [-0.1, -0.05) is 42.5 Å². The summed E-state index contributed by atoms with van der Waals surface area (Å²) in [6.45, 7) is 1.53. The lowest BCUT2D eigenvalue weighted by molar-refractivity contribution is -0.119. The maximum Gasteiger partial charge on any atom is 0.262 e. The van der Waals surface area contributed by atoms with Crippen LogP contribution in [0.1, 0.15) is 27.6 Å². The smallest absolute Gasteiger partial charge is 0.262 e. The van der Waals surface area contributed by atoms with E-state index < -0.39 is 23.8 Å². The molecule has 1 aliphatic rings. The second kappa shape index (κ2) is 7.59. The van der Waals surface area contributed by atoms with Gasteiger partial charge in [0.2, 0.25) is 5.91 Å². The lowest BCUT2D eigenvalue weighted by Gasteiger charge is -2.22. The molecule has 0 fully saturated rings. The number of carbonyl (C=O) groups is 3. The van der Waals surface area contributed by atoms with E-state index in [9.17, 15) is 14.4 Å². The number of hydrogen-bond donors (Lipinski definition) is 1. The van der Waals surface area contributed by atoms with E-state index in [-0.39, 0.29) is 0 Å². The van der Waals surface area contributed by atoms with Gasteiger partial charge in [-0.2, -0.15) is 0 Å². The van der Waals surface area contributed by atoms with E-state index in [1.165, 1.54) is 6.92 Å². The molecular weight excluding hydrogens is 368 g/mol. The summed E-state index contributed by atoms with van der Waals surface area (Å²) in [6.07, 6.45) is 0. The van der Waals surface area contributed by atoms with Crippen LogP contribution in [0.3, 0.4) is 0 Å². The van der Waals surface area contributed by atoms with Gasteiger partial charge < -0.3 is 10.1 Å². The van der Waals surface area contributed by atoms with Crippen LogP contribution >= 0.6 is 0 Å². The first-order valence-corrected chi connectivity index (χ1v) is 9.16. The molecule has 1 unspecified atom stereocenters. The number of rotatable bonds is 5. The number of nitrogens with zero attached hydrogens (tertiary/aromatic N) is 1. The lowest BCUT2D eigenvalue weighted by atomic mass is 10.1. The van der Waals surface area contributed by atoms with Gasteiger partial charge in [-0.15, -0.1) is 0 Å². The van der Waals surface area contributed by atoms with Gasteiger partial charge in [-0.25, -0.2) is 0 Å². The Morgan fingerprint density at radius 2 is 1.38 bits per heavy atom. The maximum absolute atomic E-state index is 12.8. The van der Waals surface area contributed by atoms with E-state index in [0.29, 0.717) is 28.3 Å². The van der Waals surface area contributed by atoms with Crippen molar-refractivity contribution < 1.29 is 19.1 Å². The molecule has 3 aromatic rings. The van der Waals surface area contributed by atoms with Crippen LogP contribution in [0, 0.1) is 0 Å². The average Bonchev–Trinajstić information content (AvgIpc) is 3.00. The normalized spacial score (nSPS) is 13.8. The van der Waals surface area contributed by atoms with Crippen molar-refractivity contribution in [3.63, 3.8) is 0 Å². The molecule has 3 amide bonds. The lowest BCUT2D eigenvalue weighted by Crippen LogP contribution is -2.45. The van der Waals surface area contributed by atoms with Crippen molar-refractivity contribution in [2.24, 2.45) is 0 Å². The molecular formula is C23H18N2O4. The van der Waals surface area contributed by atoms with Gasteiger partial charge in [0, 0.05) is 0 Å². The van der Waals surface area contributed by atoms with Crippen LogP contribution in [-0.4, -0.2) is 28.7 Å². The van der Waals surface area contributed by atoms with Crippen molar-refractivity contribution in [3.05, 3.63) is 90.0 Å². The molecule has 1 aliphatic heterocycles. The van der Waals surface area contributed by atoms with E-state index in [1.54, 1.807) is 60.7 Å². The summed E-state index contributed by atoms with van der Waals surface area (Å²) in [7, 11) is 0. The van der Waals surface area contributed by atoms with Gasteiger partial charge in [0.05, 0.1) is 16.8 Å².